The van der Waals surface area contributed by atoms with Gasteiger partial charge in [-0.25, -0.2) is 19.5 Å². The first-order valence-corrected chi connectivity index (χ1v) is 23.0. The fourth-order valence-electron chi connectivity index (χ4n) is 7.82. The summed E-state index contributed by atoms with van der Waals surface area (Å²) < 4.78 is 50.3. The molecule has 1 aromatic carbocycles. The van der Waals surface area contributed by atoms with Crippen LogP contribution in [0.5, 0.6) is 11.5 Å². The molecule has 1 saturated heterocycles. The highest BCUT2D eigenvalue weighted by Gasteiger charge is 2.62. The van der Waals surface area contributed by atoms with Crippen LogP contribution in [0.25, 0.3) is 22.3 Å². The molecule has 0 bridgehead atoms. The minimum absolute atomic E-state index is 0.0189. The standard InChI is InChI=1S/C42H55N7O10S2/c1-8-24-20-42(24,38(52)48-61(54,55)59-26-13-14-26)47-36(50)33-18-28(21-49(33)37(51)35(41(4,5)6)46-40(53)58-25-11-9-10-12-25)57-34-19-31(32-22-60-39(45-32)43-23(2)3)44-30-17-27(56-7)15-16-29(30)34/h8,15-17,19,22-26,28,33,35H,1,9-14,18,20-21H2,2-7H3,(H,43,45)(H,46,53)(H,47,50)(H,48,52)/t24?,28-,33+,35-,42-/m1/s1. The largest absolute Gasteiger partial charge is 0.497 e. The van der Waals surface area contributed by atoms with Crippen LogP contribution in [0.3, 0.4) is 0 Å². The summed E-state index contributed by atoms with van der Waals surface area (Å²) in [6, 6.07) is 4.97. The van der Waals surface area contributed by atoms with Gasteiger partial charge in [0.1, 0.15) is 47.0 Å². The van der Waals surface area contributed by atoms with E-state index >= 15 is 0 Å². The van der Waals surface area contributed by atoms with E-state index in [4.69, 9.17) is 28.4 Å². The molecule has 4 N–H and O–H groups in total. The molecule has 1 aliphatic heterocycles. The zero-order valence-electron chi connectivity index (χ0n) is 35.3. The van der Waals surface area contributed by atoms with Crippen LogP contribution in [0.1, 0.15) is 86.0 Å². The van der Waals surface area contributed by atoms with Gasteiger partial charge in [0.15, 0.2) is 5.13 Å². The van der Waals surface area contributed by atoms with E-state index in [1.54, 1.807) is 46.1 Å². The smallest absolute Gasteiger partial charge is 0.408 e. The summed E-state index contributed by atoms with van der Waals surface area (Å²) in [7, 11) is -2.90. The third-order valence-electron chi connectivity index (χ3n) is 11.3. The Labute approximate surface area is 360 Å². The number of benzene rings is 1. The maximum atomic E-state index is 14.8. The zero-order valence-corrected chi connectivity index (χ0v) is 37.0. The second-order valence-corrected chi connectivity index (χ2v) is 19.8. The molecule has 61 heavy (non-hydrogen) atoms. The summed E-state index contributed by atoms with van der Waals surface area (Å²) in [5, 5.41) is 12.1. The molecule has 7 rings (SSSR count). The molecule has 3 heterocycles. The van der Waals surface area contributed by atoms with E-state index in [0.717, 1.165) is 30.8 Å². The van der Waals surface area contributed by atoms with Crippen molar-refractivity contribution in [2.75, 3.05) is 19.0 Å². The van der Waals surface area contributed by atoms with Gasteiger partial charge in [0.25, 0.3) is 5.91 Å². The highest BCUT2D eigenvalue weighted by Crippen LogP contribution is 2.45. The molecule has 17 nitrogen and oxygen atoms in total. The predicted molar refractivity (Wildman–Crippen MR) is 228 cm³/mol. The van der Waals surface area contributed by atoms with Crippen molar-refractivity contribution >= 4 is 61.5 Å². The molecule has 330 valence electrons. The number of ether oxygens (including phenoxy) is 3. The van der Waals surface area contributed by atoms with Crippen molar-refractivity contribution in [1.29, 1.82) is 0 Å². The minimum Gasteiger partial charge on any atom is -0.497 e. The quantitative estimate of drug-likeness (QED) is 0.136. The molecule has 3 aliphatic carbocycles. The van der Waals surface area contributed by atoms with Crippen LogP contribution in [0, 0.1) is 11.3 Å². The molecule has 0 radical (unpaired) electrons. The highest BCUT2D eigenvalue weighted by molar-refractivity contribution is 7.85. The number of pyridine rings is 1. The lowest BCUT2D eigenvalue weighted by molar-refractivity contribution is -0.143. The number of rotatable bonds is 16. The van der Waals surface area contributed by atoms with E-state index in [0.29, 0.717) is 46.6 Å². The number of likely N-dealkylation sites (tertiary alicyclic amines) is 1. The summed E-state index contributed by atoms with van der Waals surface area (Å²) in [4.78, 5) is 67.2. The third-order valence-corrected chi connectivity index (χ3v) is 13.0. The lowest BCUT2D eigenvalue weighted by atomic mass is 9.85. The van der Waals surface area contributed by atoms with Crippen LogP contribution in [-0.2, 0) is 33.6 Å². The Bertz CT molecular complexity index is 2290. The number of hydrogen-bond donors (Lipinski definition) is 4. The van der Waals surface area contributed by atoms with E-state index < -0.39 is 75.3 Å². The summed E-state index contributed by atoms with van der Waals surface area (Å²) in [5.74, 6) is -1.84. The molecular formula is C42H55N7O10S2. The maximum Gasteiger partial charge on any atom is 0.408 e. The maximum absolute atomic E-state index is 14.8. The Morgan fingerprint density at radius 3 is 2.39 bits per heavy atom. The Morgan fingerprint density at radius 2 is 1.75 bits per heavy atom. The van der Waals surface area contributed by atoms with Crippen molar-refractivity contribution in [3.05, 3.63) is 42.3 Å². The van der Waals surface area contributed by atoms with Crippen molar-refractivity contribution in [3.8, 4) is 22.9 Å². The van der Waals surface area contributed by atoms with Crippen LogP contribution in [-0.4, -0.2) is 103 Å². The lowest BCUT2D eigenvalue weighted by Crippen LogP contribution is -2.60. The number of hydrogen-bond acceptors (Lipinski definition) is 14. The molecule has 4 fully saturated rings. The molecular weight excluding hydrogens is 827 g/mol. The minimum atomic E-state index is -4.46. The van der Waals surface area contributed by atoms with Gasteiger partial charge >= 0.3 is 16.4 Å². The first-order chi connectivity index (χ1) is 28.9. The highest BCUT2D eigenvalue weighted by atomic mass is 32.2. The number of methoxy groups -OCH3 is 1. The van der Waals surface area contributed by atoms with Crippen molar-refractivity contribution in [3.63, 3.8) is 0 Å². The number of nitrogens with one attached hydrogen (secondary N) is 4. The van der Waals surface area contributed by atoms with Gasteiger partial charge in [0.05, 0.1) is 31.0 Å². The van der Waals surface area contributed by atoms with E-state index in [1.807, 2.05) is 30.0 Å². The van der Waals surface area contributed by atoms with Gasteiger partial charge < -0.3 is 35.1 Å². The predicted octanol–water partition coefficient (Wildman–Crippen LogP) is 5.22. The molecule has 3 saturated carbocycles. The van der Waals surface area contributed by atoms with E-state index in [2.05, 4.69) is 22.5 Å². The van der Waals surface area contributed by atoms with Crippen molar-refractivity contribution in [2.45, 2.75) is 128 Å². The van der Waals surface area contributed by atoms with Crippen molar-refractivity contribution < 1.29 is 46.0 Å². The Hall–Kier alpha value is -5.01. The number of anilines is 1. The lowest BCUT2D eigenvalue weighted by Gasteiger charge is -2.35. The second-order valence-electron chi connectivity index (χ2n) is 17.7. The van der Waals surface area contributed by atoms with Crippen LogP contribution in [0.15, 0.2) is 42.3 Å². The Balaban J connectivity index is 1.20. The van der Waals surface area contributed by atoms with Gasteiger partial charge in [-0.3, -0.25) is 18.6 Å². The van der Waals surface area contributed by atoms with Crippen molar-refractivity contribution in [1.82, 2.24) is 30.2 Å². The molecule has 0 spiro atoms. The fourth-order valence-corrected chi connectivity index (χ4v) is 9.68. The fraction of sp³-hybridized carbons (Fsp3) is 0.571. The molecule has 4 aliphatic rings. The van der Waals surface area contributed by atoms with Crippen LogP contribution >= 0.6 is 11.3 Å². The third kappa shape index (κ3) is 10.2. The number of nitrogens with zero attached hydrogens (tertiary/aromatic N) is 3. The van der Waals surface area contributed by atoms with E-state index in [-0.39, 0.29) is 31.5 Å². The van der Waals surface area contributed by atoms with E-state index in [9.17, 15) is 27.6 Å². The van der Waals surface area contributed by atoms with Gasteiger partial charge in [0.2, 0.25) is 11.8 Å². The molecule has 19 heteroatoms. The number of aromatic nitrogens is 2. The second kappa shape index (κ2) is 17.4. The van der Waals surface area contributed by atoms with Crippen LogP contribution < -0.4 is 30.1 Å². The topological polar surface area (TPSA) is 216 Å². The number of fused-ring (bicyclic) bond motifs is 1. The Morgan fingerprint density at radius 1 is 1.02 bits per heavy atom. The molecule has 3 aromatic rings. The average Bonchev–Trinajstić information content (AvgIpc) is 3.89. The number of amides is 4. The number of carbonyl (C=O) groups excluding carboxylic acids is 4. The summed E-state index contributed by atoms with van der Waals surface area (Å²) >= 11 is 1.44. The van der Waals surface area contributed by atoms with E-state index in [1.165, 1.54) is 22.3 Å². The number of thiazole rings is 1. The summed E-state index contributed by atoms with van der Waals surface area (Å²) in [6.45, 7) is 13.1. The SMILES string of the molecule is C=CC1C[C@]1(NC(=O)[C@@H]1C[C@@H](Oc2cc(-c3csc(NC(C)C)n3)nc3cc(OC)ccc23)CN1C(=O)[C@@H](NC(=O)OC1CCCC1)C(C)(C)C)C(=O)NS(=O)(=O)OC1CC1. The summed E-state index contributed by atoms with van der Waals surface area (Å²) in [6.07, 6.45) is 3.73. The monoisotopic (exact) mass is 881 g/mol. The molecule has 5 atom stereocenters. The van der Waals surface area contributed by atoms with Crippen LogP contribution in [0.2, 0.25) is 0 Å². The average molecular weight is 882 g/mol. The first-order valence-electron chi connectivity index (χ1n) is 20.7. The van der Waals surface area contributed by atoms with Crippen LogP contribution in [0.4, 0.5) is 9.93 Å². The number of alkyl carbamates (subject to hydrolysis) is 1. The van der Waals surface area contributed by atoms with Crippen molar-refractivity contribution in [2.24, 2.45) is 11.3 Å². The van der Waals surface area contributed by atoms with Gasteiger partial charge in [-0.1, -0.05) is 26.8 Å². The first kappa shape index (κ1) is 44.1. The van der Waals surface area contributed by atoms with Gasteiger partial charge in [-0.15, -0.1) is 17.9 Å². The molecule has 4 amide bonds. The normalized spacial score (nSPS) is 23.3. The molecule has 1 unspecified atom stereocenters. The van der Waals surface area contributed by atoms with Gasteiger partial charge in [-0.05, 0) is 76.3 Å². The van der Waals surface area contributed by atoms with Gasteiger partial charge in [-0.2, -0.15) is 8.42 Å². The Kier molecular flexibility index (Phi) is 12.6. The zero-order chi connectivity index (χ0) is 43.9. The molecule has 2 aromatic heterocycles. The number of carbonyl (C=O) groups is 4. The summed E-state index contributed by atoms with van der Waals surface area (Å²) in [5.41, 5.74) is -0.792. The van der Waals surface area contributed by atoms with Gasteiger partial charge in [0, 0.05) is 41.3 Å².